The van der Waals surface area contributed by atoms with Crippen molar-refractivity contribution in [3.05, 3.63) is 77.4 Å². The fraction of sp³-hybridized carbons (Fsp3) is 0.227. The van der Waals surface area contributed by atoms with Crippen LogP contribution in [0.2, 0.25) is 0 Å². The van der Waals surface area contributed by atoms with E-state index in [4.69, 9.17) is 4.42 Å². The van der Waals surface area contributed by atoms with Crippen LogP contribution in [0.4, 0.5) is 14.8 Å². The van der Waals surface area contributed by atoms with Crippen molar-refractivity contribution in [1.82, 2.24) is 34.8 Å². The number of hydrogen-bond acceptors (Lipinski definition) is 7. The molecule has 166 valence electrons. The summed E-state index contributed by atoms with van der Waals surface area (Å²) in [6.45, 7) is 2.43. The number of anilines is 1. The van der Waals surface area contributed by atoms with Gasteiger partial charge in [0.2, 0.25) is 0 Å². The zero-order valence-corrected chi connectivity index (χ0v) is 17.5. The molecule has 1 atom stereocenters. The zero-order valence-electron chi connectivity index (χ0n) is 17.5. The standard InChI is InChI=1S/C22H18F2N8O/c1-12-13(4-2-7-25-12)21-28-29-22(33-21)31-9-6-15-18(27-11-26-15)19(31)16-10-17-14(20(23)24)5-3-8-32(17)30-16/h2-5,7-8,10-11,19-20H,6,9H2,1H3,(H,26,27)/t19-/m1/s1. The lowest BCUT2D eigenvalue weighted by molar-refractivity contribution is 0.152. The highest BCUT2D eigenvalue weighted by molar-refractivity contribution is 5.59. The molecule has 0 unspecified atom stereocenters. The third-order valence-electron chi connectivity index (χ3n) is 5.89. The molecule has 9 nitrogen and oxygen atoms in total. The van der Waals surface area contributed by atoms with Gasteiger partial charge in [-0.2, -0.15) is 5.10 Å². The van der Waals surface area contributed by atoms with Gasteiger partial charge in [0, 0.05) is 42.3 Å². The molecule has 1 aliphatic rings. The number of imidazole rings is 1. The first-order valence-electron chi connectivity index (χ1n) is 10.4. The fourth-order valence-corrected chi connectivity index (χ4v) is 4.31. The molecule has 33 heavy (non-hydrogen) atoms. The van der Waals surface area contributed by atoms with Gasteiger partial charge in [0.05, 0.1) is 28.8 Å². The monoisotopic (exact) mass is 448 g/mol. The number of nitrogens with zero attached hydrogens (tertiary/aromatic N) is 7. The van der Waals surface area contributed by atoms with Crippen LogP contribution in [0.15, 0.2) is 53.5 Å². The second-order valence-electron chi connectivity index (χ2n) is 7.80. The Labute approximate surface area is 186 Å². The van der Waals surface area contributed by atoms with E-state index in [1.54, 1.807) is 30.9 Å². The minimum atomic E-state index is -2.61. The van der Waals surface area contributed by atoms with Gasteiger partial charge in [0.25, 0.3) is 12.3 Å². The number of halogens is 2. The molecular formula is C22H18F2N8O. The number of H-pyrrole nitrogens is 1. The predicted molar refractivity (Wildman–Crippen MR) is 114 cm³/mol. The van der Waals surface area contributed by atoms with Crippen LogP contribution in [0.5, 0.6) is 0 Å². The van der Waals surface area contributed by atoms with Gasteiger partial charge in [-0.3, -0.25) is 4.98 Å². The number of fused-ring (bicyclic) bond motifs is 2. The van der Waals surface area contributed by atoms with Gasteiger partial charge in [0.15, 0.2) is 0 Å². The first kappa shape index (κ1) is 19.5. The summed E-state index contributed by atoms with van der Waals surface area (Å²) in [5, 5.41) is 13.1. The SMILES string of the molecule is Cc1ncccc1-c1nnc(N2CCc3[nH]cnc3[C@H]2c2cc3c(C(F)F)cccn3n2)o1. The van der Waals surface area contributed by atoms with Crippen molar-refractivity contribution in [3.8, 4) is 11.5 Å². The van der Waals surface area contributed by atoms with E-state index in [1.807, 2.05) is 24.0 Å². The topological polar surface area (TPSA) is 101 Å². The molecule has 6 heterocycles. The smallest absolute Gasteiger partial charge is 0.319 e. The van der Waals surface area contributed by atoms with Gasteiger partial charge < -0.3 is 14.3 Å². The lowest BCUT2D eigenvalue weighted by atomic mass is 10.00. The maximum absolute atomic E-state index is 13.6. The Bertz CT molecular complexity index is 1460. The van der Waals surface area contributed by atoms with Gasteiger partial charge in [-0.1, -0.05) is 5.10 Å². The molecule has 0 amide bonds. The van der Waals surface area contributed by atoms with E-state index in [1.165, 1.54) is 10.6 Å². The minimum Gasteiger partial charge on any atom is -0.403 e. The third kappa shape index (κ3) is 3.15. The fourth-order valence-electron chi connectivity index (χ4n) is 4.31. The summed E-state index contributed by atoms with van der Waals surface area (Å²) < 4.78 is 34.6. The first-order valence-corrected chi connectivity index (χ1v) is 10.4. The van der Waals surface area contributed by atoms with E-state index >= 15 is 0 Å². The van der Waals surface area contributed by atoms with Crippen LogP contribution < -0.4 is 4.90 Å². The average molecular weight is 448 g/mol. The van der Waals surface area contributed by atoms with E-state index in [2.05, 4.69) is 30.2 Å². The summed E-state index contributed by atoms with van der Waals surface area (Å²) in [5.74, 6) is 0.358. The molecule has 0 saturated carbocycles. The highest BCUT2D eigenvalue weighted by Gasteiger charge is 2.36. The molecule has 5 aromatic heterocycles. The largest absolute Gasteiger partial charge is 0.403 e. The van der Waals surface area contributed by atoms with E-state index in [0.717, 1.165) is 22.6 Å². The molecule has 0 aliphatic carbocycles. The molecule has 0 aromatic carbocycles. The second kappa shape index (κ2) is 7.47. The zero-order chi connectivity index (χ0) is 22.5. The van der Waals surface area contributed by atoms with Crippen LogP contribution in [0, 0.1) is 6.92 Å². The van der Waals surface area contributed by atoms with Crippen LogP contribution >= 0.6 is 0 Å². The summed E-state index contributed by atoms with van der Waals surface area (Å²) in [5.41, 5.74) is 4.08. The Morgan fingerprint density at radius 1 is 1.18 bits per heavy atom. The Morgan fingerprint density at radius 2 is 2.09 bits per heavy atom. The second-order valence-corrected chi connectivity index (χ2v) is 7.80. The quantitative estimate of drug-likeness (QED) is 0.445. The summed E-state index contributed by atoms with van der Waals surface area (Å²) >= 11 is 0. The maximum Gasteiger partial charge on any atom is 0.319 e. The van der Waals surface area contributed by atoms with Crippen molar-refractivity contribution < 1.29 is 13.2 Å². The number of pyridine rings is 2. The number of hydrogen-bond donors (Lipinski definition) is 1. The van der Waals surface area contributed by atoms with Gasteiger partial charge in [0.1, 0.15) is 6.04 Å². The van der Waals surface area contributed by atoms with Gasteiger partial charge in [-0.25, -0.2) is 18.3 Å². The molecule has 0 fully saturated rings. The summed E-state index contributed by atoms with van der Waals surface area (Å²) in [7, 11) is 0. The molecule has 6 rings (SSSR count). The van der Waals surface area contributed by atoms with E-state index in [9.17, 15) is 8.78 Å². The number of rotatable bonds is 4. The van der Waals surface area contributed by atoms with Gasteiger partial charge in [-0.05, 0) is 37.3 Å². The van der Waals surface area contributed by atoms with Gasteiger partial charge in [-0.15, -0.1) is 5.10 Å². The maximum atomic E-state index is 13.6. The van der Waals surface area contributed by atoms with Crippen molar-refractivity contribution in [1.29, 1.82) is 0 Å². The van der Waals surface area contributed by atoms with Crippen LogP contribution in [0.25, 0.3) is 17.0 Å². The number of aryl methyl sites for hydroxylation is 1. The molecule has 5 aromatic rings. The van der Waals surface area contributed by atoms with Crippen molar-refractivity contribution in [3.63, 3.8) is 0 Å². The number of alkyl halides is 2. The Balaban J connectivity index is 1.46. The van der Waals surface area contributed by atoms with Crippen LogP contribution in [0.1, 0.15) is 40.8 Å². The Kier molecular flexibility index (Phi) is 4.42. The molecule has 1 aliphatic heterocycles. The summed E-state index contributed by atoms with van der Waals surface area (Å²) in [6.07, 6.45) is 3.06. The minimum absolute atomic E-state index is 0.0759. The first-order chi connectivity index (χ1) is 16.1. The summed E-state index contributed by atoms with van der Waals surface area (Å²) in [6, 6.07) is 8.14. The van der Waals surface area contributed by atoms with E-state index in [0.29, 0.717) is 36.1 Å². The normalized spacial score (nSPS) is 16.0. The molecule has 0 bridgehead atoms. The molecule has 0 spiro atoms. The molecular weight excluding hydrogens is 430 g/mol. The van der Waals surface area contributed by atoms with E-state index in [-0.39, 0.29) is 5.56 Å². The van der Waals surface area contributed by atoms with Crippen LogP contribution in [0.3, 0.4) is 0 Å². The predicted octanol–water partition coefficient (Wildman–Crippen LogP) is 3.90. The number of aromatic amines is 1. The van der Waals surface area contributed by atoms with Crippen LogP contribution in [-0.2, 0) is 6.42 Å². The van der Waals surface area contributed by atoms with E-state index < -0.39 is 12.5 Å². The Morgan fingerprint density at radius 3 is 2.94 bits per heavy atom. The lowest BCUT2D eigenvalue weighted by Crippen LogP contribution is -2.36. The van der Waals surface area contributed by atoms with Gasteiger partial charge >= 0.3 is 6.01 Å². The molecule has 11 heteroatoms. The number of aromatic nitrogens is 7. The van der Waals surface area contributed by atoms with Crippen molar-refractivity contribution in [2.45, 2.75) is 25.8 Å². The highest BCUT2D eigenvalue weighted by atomic mass is 19.3. The van der Waals surface area contributed by atoms with Crippen molar-refractivity contribution >= 4 is 11.5 Å². The lowest BCUT2D eigenvalue weighted by Gasteiger charge is -2.32. The molecule has 0 radical (unpaired) electrons. The van der Waals surface area contributed by atoms with Crippen molar-refractivity contribution in [2.75, 3.05) is 11.4 Å². The third-order valence-corrected chi connectivity index (χ3v) is 5.89. The number of nitrogens with one attached hydrogen (secondary N) is 1. The van der Waals surface area contributed by atoms with Crippen LogP contribution in [-0.4, -0.2) is 41.3 Å². The molecule has 1 N–H and O–H groups in total. The molecule has 0 saturated heterocycles. The average Bonchev–Trinajstić information content (AvgIpc) is 3.56. The highest BCUT2D eigenvalue weighted by Crippen LogP contribution is 2.38. The van der Waals surface area contributed by atoms with Crippen molar-refractivity contribution in [2.24, 2.45) is 0 Å². The Hall–Kier alpha value is -4.15. The summed E-state index contributed by atoms with van der Waals surface area (Å²) in [4.78, 5) is 13.9.